The minimum Gasteiger partial charge on any atom is -0.477 e. The van der Waals surface area contributed by atoms with Crippen molar-refractivity contribution in [3.05, 3.63) is 45.5 Å². The Hall–Kier alpha value is -2.78. The molecule has 5 rings (SSSR count). The van der Waals surface area contributed by atoms with Crippen LogP contribution < -0.4 is 0 Å². The van der Waals surface area contributed by atoms with Gasteiger partial charge in [-0.15, -0.1) is 11.3 Å². The smallest absolute Gasteiger partial charge is 0.345 e. The van der Waals surface area contributed by atoms with E-state index in [1.54, 1.807) is 29.2 Å². The number of nitrogens with zero attached hydrogens (tertiary/aromatic N) is 4. The fourth-order valence-corrected chi connectivity index (χ4v) is 5.59. The number of aryl methyl sites for hydroxylation is 1. The predicted octanol–water partition coefficient (Wildman–Crippen LogP) is 2.43. The summed E-state index contributed by atoms with van der Waals surface area (Å²) in [7, 11) is 1.85. The van der Waals surface area contributed by atoms with Gasteiger partial charge in [0.1, 0.15) is 16.0 Å². The molecule has 1 amide bonds. The number of carbonyl (C=O) groups excluding carboxylic acids is 1. The number of rotatable bonds is 2. The number of likely N-dealkylation sites (tertiary alicyclic amines) is 1. The summed E-state index contributed by atoms with van der Waals surface area (Å²) in [5, 5.41) is 9.35. The van der Waals surface area contributed by atoms with Crippen molar-refractivity contribution in [3.63, 3.8) is 0 Å². The fraction of sp³-hybridized carbons (Fsp3) is 0.400. The number of pyridine rings is 1. The van der Waals surface area contributed by atoms with Crippen LogP contribution in [0.4, 0.5) is 0 Å². The molecule has 29 heavy (non-hydrogen) atoms. The number of amides is 1. The molecule has 0 radical (unpaired) electrons. The van der Waals surface area contributed by atoms with E-state index in [4.69, 9.17) is 4.74 Å². The van der Waals surface area contributed by atoms with Crippen LogP contribution in [0.5, 0.6) is 0 Å². The van der Waals surface area contributed by atoms with Crippen LogP contribution in [-0.4, -0.2) is 56.1 Å². The van der Waals surface area contributed by atoms with Crippen molar-refractivity contribution < 1.29 is 19.4 Å². The highest BCUT2D eigenvalue weighted by molar-refractivity contribution is 7.14. The number of hydrogen-bond donors (Lipinski definition) is 1. The maximum atomic E-state index is 13.2. The molecule has 1 fully saturated rings. The van der Waals surface area contributed by atoms with Crippen molar-refractivity contribution in [1.82, 2.24) is 19.4 Å². The van der Waals surface area contributed by atoms with Gasteiger partial charge in [-0.3, -0.25) is 4.79 Å². The molecular formula is C20H20N4O4S. The van der Waals surface area contributed by atoms with Crippen LogP contribution in [0.1, 0.15) is 43.3 Å². The van der Waals surface area contributed by atoms with E-state index >= 15 is 0 Å². The van der Waals surface area contributed by atoms with E-state index in [-0.39, 0.29) is 5.91 Å². The van der Waals surface area contributed by atoms with Gasteiger partial charge >= 0.3 is 5.97 Å². The van der Waals surface area contributed by atoms with Gasteiger partial charge < -0.3 is 19.3 Å². The Balaban J connectivity index is 1.40. The number of carbonyl (C=O) groups is 2. The van der Waals surface area contributed by atoms with Gasteiger partial charge in [0.05, 0.1) is 18.5 Å². The van der Waals surface area contributed by atoms with E-state index in [1.807, 2.05) is 11.9 Å². The number of thiophene rings is 1. The minimum absolute atomic E-state index is 0.0561. The summed E-state index contributed by atoms with van der Waals surface area (Å²) in [5.41, 5.74) is 2.44. The monoisotopic (exact) mass is 412 g/mol. The van der Waals surface area contributed by atoms with Gasteiger partial charge in [-0.1, -0.05) is 0 Å². The normalized spacial score (nSPS) is 18.2. The summed E-state index contributed by atoms with van der Waals surface area (Å²) in [6, 6.07) is 3.49. The highest BCUT2D eigenvalue weighted by Crippen LogP contribution is 2.45. The van der Waals surface area contributed by atoms with E-state index in [2.05, 4.69) is 9.97 Å². The number of hydrogen-bond acceptors (Lipinski definition) is 6. The third-order valence-electron chi connectivity index (χ3n) is 5.87. The van der Waals surface area contributed by atoms with E-state index in [9.17, 15) is 14.7 Å². The predicted molar refractivity (Wildman–Crippen MR) is 106 cm³/mol. The highest BCUT2D eigenvalue weighted by atomic mass is 32.1. The van der Waals surface area contributed by atoms with Gasteiger partial charge in [0.25, 0.3) is 5.91 Å². The lowest BCUT2D eigenvalue weighted by Gasteiger charge is -2.43. The van der Waals surface area contributed by atoms with Crippen LogP contribution in [0, 0.1) is 0 Å². The second-order valence-electron chi connectivity index (χ2n) is 7.54. The molecule has 0 unspecified atom stereocenters. The first kappa shape index (κ1) is 18.3. The summed E-state index contributed by atoms with van der Waals surface area (Å²) in [6.07, 6.45) is 5.34. The van der Waals surface area contributed by atoms with E-state index in [0.717, 1.165) is 16.9 Å². The number of carboxylic acid groups (broad SMARTS) is 1. The second kappa shape index (κ2) is 6.64. The molecule has 0 aliphatic carbocycles. The van der Waals surface area contributed by atoms with Crippen molar-refractivity contribution >= 4 is 34.4 Å². The van der Waals surface area contributed by atoms with Crippen LogP contribution >= 0.6 is 11.3 Å². The summed E-state index contributed by atoms with van der Waals surface area (Å²) in [4.78, 5) is 36.4. The topological polar surface area (TPSA) is 97.6 Å². The molecule has 2 aliphatic heterocycles. The molecule has 1 N–H and O–H groups in total. The Morgan fingerprint density at radius 1 is 1.28 bits per heavy atom. The highest BCUT2D eigenvalue weighted by Gasteiger charge is 2.43. The molecule has 5 heterocycles. The van der Waals surface area contributed by atoms with Gasteiger partial charge in [-0.25, -0.2) is 14.8 Å². The van der Waals surface area contributed by atoms with Gasteiger partial charge in [0.15, 0.2) is 5.65 Å². The maximum absolute atomic E-state index is 13.2. The Kier molecular flexibility index (Phi) is 4.18. The summed E-state index contributed by atoms with van der Waals surface area (Å²) in [5.74, 6) is -0.955. The Morgan fingerprint density at radius 2 is 2.07 bits per heavy atom. The third-order valence-corrected chi connectivity index (χ3v) is 7.22. The summed E-state index contributed by atoms with van der Waals surface area (Å²) >= 11 is 1.31. The zero-order valence-corrected chi connectivity index (χ0v) is 16.7. The average Bonchev–Trinajstić information content (AvgIpc) is 3.33. The molecule has 2 aliphatic rings. The van der Waals surface area contributed by atoms with Gasteiger partial charge in [-0.2, -0.15) is 0 Å². The zero-order chi connectivity index (χ0) is 20.2. The molecule has 0 bridgehead atoms. The van der Waals surface area contributed by atoms with Crippen molar-refractivity contribution in [2.75, 3.05) is 19.7 Å². The number of ether oxygens (including phenoxy) is 1. The standard InChI is InChI=1S/C20H20N4O4S/c1-23-11-22-15-13(2-6-21-17(15)23)18(25)24-7-4-20(5-8-24)16-12(3-9-28-20)10-14(29-16)19(26)27/h2,6,10-11H,3-5,7-9H2,1H3,(H,26,27). The number of carboxylic acids is 1. The van der Waals surface area contributed by atoms with Crippen LogP contribution in [0.2, 0.25) is 0 Å². The first-order valence-corrected chi connectivity index (χ1v) is 10.4. The third kappa shape index (κ3) is 2.84. The lowest BCUT2D eigenvalue weighted by molar-refractivity contribution is -0.0906. The van der Waals surface area contributed by atoms with Crippen LogP contribution in [0.15, 0.2) is 24.7 Å². The average molecular weight is 412 g/mol. The molecule has 9 heteroatoms. The molecule has 150 valence electrons. The van der Waals surface area contributed by atoms with Gasteiger partial charge in [0.2, 0.25) is 0 Å². The number of piperidine rings is 1. The minimum atomic E-state index is -0.899. The number of aromatic carboxylic acids is 1. The van der Waals surface area contributed by atoms with Crippen molar-refractivity contribution in [1.29, 1.82) is 0 Å². The molecular weight excluding hydrogens is 392 g/mol. The van der Waals surface area contributed by atoms with Crippen molar-refractivity contribution in [2.45, 2.75) is 24.9 Å². The van der Waals surface area contributed by atoms with Crippen molar-refractivity contribution in [2.24, 2.45) is 7.05 Å². The Labute approximate surface area is 170 Å². The summed E-state index contributed by atoms with van der Waals surface area (Å²) in [6.45, 7) is 1.68. The molecule has 0 aromatic carbocycles. The largest absolute Gasteiger partial charge is 0.477 e. The van der Waals surface area contributed by atoms with Crippen molar-refractivity contribution in [3.8, 4) is 0 Å². The lowest BCUT2D eigenvalue weighted by atomic mass is 9.85. The number of imidazole rings is 1. The van der Waals surface area contributed by atoms with E-state index < -0.39 is 11.6 Å². The van der Waals surface area contributed by atoms with Gasteiger partial charge in [-0.05, 0) is 37.0 Å². The SMILES string of the molecule is Cn1cnc2c(C(=O)N3CCC4(CC3)OCCc3cc(C(=O)O)sc34)ccnc21. The lowest BCUT2D eigenvalue weighted by Crippen LogP contribution is -2.47. The maximum Gasteiger partial charge on any atom is 0.345 e. The first-order valence-electron chi connectivity index (χ1n) is 9.54. The molecule has 1 spiro atoms. The molecule has 8 nitrogen and oxygen atoms in total. The Morgan fingerprint density at radius 3 is 2.83 bits per heavy atom. The molecule has 3 aromatic rings. The van der Waals surface area contributed by atoms with Crippen LogP contribution in [-0.2, 0) is 23.8 Å². The molecule has 0 saturated carbocycles. The molecule has 1 saturated heterocycles. The van der Waals surface area contributed by atoms with Crippen LogP contribution in [0.3, 0.4) is 0 Å². The molecule has 0 atom stereocenters. The van der Waals surface area contributed by atoms with Crippen LogP contribution in [0.25, 0.3) is 11.2 Å². The quantitative estimate of drug-likeness (QED) is 0.694. The van der Waals surface area contributed by atoms with E-state index in [1.165, 1.54) is 11.3 Å². The summed E-state index contributed by atoms with van der Waals surface area (Å²) < 4.78 is 7.98. The molecule has 3 aromatic heterocycles. The first-order chi connectivity index (χ1) is 14.0. The van der Waals surface area contributed by atoms with E-state index in [0.29, 0.717) is 54.1 Å². The van der Waals surface area contributed by atoms with Gasteiger partial charge in [0, 0.05) is 31.2 Å². The second-order valence-corrected chi connectivity index (χ2v) is 8.59. The Bertz CT molecular complexity index is 1130. The fourth-order valence-electron chi connectivity index (χ4n) is 4.34. The number of fused-ring (bicyclic) bond motifs is 3. The zero-order valence-electron chi connectivity index (χ0n) is 15.9. The number of aromatic nitrogens is 3.